The predicted molar refractivity (Wildman–Crippen MR) is 122 cm³/mol. The SMILES string of the molecule is CCSC1NC(=O)C2C(NC3=C(C(=O)CC(C)(C)C3)C2c2ccc(N(C)C)cc2)N1. The Morgan fingerprint density at radius 2 is 1.80 bits per heavy atom. The maximum atomic E-state index is 13.3. The van der Waals surface area contributed by atoms with E-state index < -0.39 is 0 Å². The highest BCUT2D eigenvalue weighted by Crippen LogP contribution is 2.47. The summed E-state index contributed by atoms with van der Waals surface area (Å²) < 4.78 is 0. The van der Waals surface area contributed by atoms with E-state index in [-0.39, 0.29) is 40.6 Å². The summed E-state index contributed by atoms with van der Waals surface area (Å²) in [4.78, 5) is 28.6. The molecule has 3 aliphatic rings. The molecule has 1 aromatic rings. The molecule has 4 rings (SSSR count). The van der Waals surface area contributed by atoms with E-state index in [1.807, 2.05) is 14.1 Å². The smallest absolute Gasteiger partial charge is 0.229 e. The molecule has 0 spiro atoms. The molecule has 162 valence electrons. The maximum absolute atomic E-state index is 13.3. The van der Waals surface area contributed by atoms with Gasteiger partial charge in [0.2, 0.25) is 5.91 Å². The Balaban J connectivity index is 1.79. The van der Waals surface area contributed by atoms with Crippen molar-refractivity contribution in [2.45, 2.75) is 51.2 Å². The molecule has 0 saturated carbocycles. The quantitative estimate of drug-likeness (QED) is 0.685. The minimum atomic E-state index is -0.368. The van der Waals surface area contributed by atoms with Gasteiger partial charge >= 0.3 is 0 Å². The average Bonchev–Trinajstić information content (AvgIpc) is 2.65. The highest BCUT2D eigenvalue weighted by atomic mass is 32.2. The second-order valence-corrected chi connectivity index (χ2v) is 10.8. The van der Waals surface area contributed by atoms with Crippen LogP contribution in [0, 0.1) is 11.3 Å². The number of nitrogens with one attached hydrogen (secondary N) is 3. The van der Waals surface area contributed by atoms with Gasteiger partial charge in [0.1, 0.15) is 5.50 Å². The van der Waals surface area contributed by atoms with E-state index in [4.69, 9.17) is 0 Å². The van der Waals surface area contributed by atoms with E-state index in [9.17, 15) is 9.59 Å². The zero-order valence-electron chi connectivity index (χ0n) is 18.4. The van der Waals surface area contributed by atoms with E-state index >= 15 is 0 Å². The number of thioether (sulfide) groups is 1. The molecular formula is C23H32N4O2S. The lowest BCUT2D eigenvalue weighted by Gasteiger charge is -2.48. The molecule has 0 aromatic heterocycles. The first-order chi connectivity index (χ1) is 14.2. The molecule has 1 saturated heterocycles. The topological polar surface area (TPSA) is 73.5 Å². The molecule has 1 amide bonds. The van der Waals surface area contributed by atoms with Crippen molar-refractivity contribution in [3.05, 3.63) is 41.1 Å². The largest absolute Gasteiger partial charge is 0.378 e. The van der Waals surface area contributed by atoms with Crippen LogP contribution in [-0.4, -0.2) is 43.2 Å². The minimum absolute atomic E-state index is 0.00284. The predicted octanol–water partition coefficient (Wildman–Crippen LogP) is 2.78. The molecule has 3 N–H and O–H groups in total. The van der Waals surface area contributed by atoms with E-state index in [1.54, 1.807) is 11.8 Å². The Hall–Kier alpha value is -1.99. The van der Waals surface area contributed by atoms with Crippen LogP contribution in [0.25, 0.3) is 0 Å². The van der Waals surface area contributed by atoms with Crippen molar-refractivity contribution in [1.82, 2.24) is 16.0 Å². The highest BCUT2D eigenvalue weighted by Gasteiger charge is 2.50. The molecule has 4 atom stereocenters. The van der Waals surface area contributed by atoms with Gasteiger partial charge in [-0.1, -0.05) is 32.9 Å². The number of amides is 1. The van der Waals surface area contributed by atoms with Crippen LogP contribution >= 0.6 is 11.8 Å². The molecule has 0 bridgehead atoms. The fraction of sp³-hybridized carbons (Fsp3) is 0.565. The average molecular weight is 429 g/mol. The molecule has 1 aliphatic carbocycles. The zero-order chi connectivity index (χ0) is 21.6. The summed E-state index contributed by atoms with van der Waals surface area (Å²) in [5.41, 5.74) is 3.72. The van der Waals surface area contributed by atoms with Gasteiger partial charge in [0.05, 0.1) is 12.1 Å². The number of anilines is 1. The van der Waals surface area contributed by atoms with Gasteiger partial charge in [0.25, 0.3) is 0 Å². The lowest BCUT2D eigenvalue weighted by atomic mass is 9.66. The van der Waals surface area contributed by atoms with Gasteiger partial charge < -0.3 is 15.5 Å². The number of carbonyl (C=O) groups excluding carboxylic acids is 2. The maximum Gasteiger partial charge on any atom is 0.229 e. The van der Waals surface area contributed by atoms with Crippen LogP contribution in [-0.2, 0) is 9.59 Å². The van der Waals surface area contributed by atoms with Crippen LogP contribution in [0.1, 0.15) is 45.1 Å². The van der Waals surface area contributed by atoms with Gasteiger partial charge in [-0.2, -0.15) is 0 Å². The Bertz CT molecular complexity index is 878. The molecule has 30 heavy (non-hydrogen) atoms. The van der Waals surface area contributed by atoms with Gasteiger partial charge in [0, 0.05) is 43.4 Å². The van der Waals surface area contributed by atoms with E-state index in [0.717, 1.165) is 34.7 Å². The van der Waals surface area contributed by atoms with E-state index in [0.29, 0.717) is 6.42 Å². The van der Waals surface area contributed by atoms with Crippen LogP contribution in [0.15, 0.2) is 35.5 Å². The minimum Gasteiger partial charge on any atom is -0.378 e. The highest BCUT2D eigenvalue weighted by molar-refractivity contribution is 7.99. The van der Waals surface area contributed by atoms with Crippen molar-refractivity contribution in [3.8, 4) is 0 Å². The summed E-state index contributed by atoms with van der Waals surface area (Å²) in [5, 5.41) is 10.2. The van der Waals surface area contributed by atoms with Crippen molar-refractivity contribution in [2.24, 2.45) is 11.3 Å². The molecule has 1 fully saturated rings. The molecule has 6 nitrogen and oxygen atoms in total. The normalized spacial score (nSPS) is 30.2. The second-order valence-electron chi connectivity index (χ2n) is 9.46. The third-order valence-electron chi connectivity index (χ3n) is 6.29. The molecule has 2 heterocycles. The third-order valence-corrected chi connectivity index (χ3v) is 7.21. The second kappa shape index (κ2) is 7.93. The number of carbonyl (C=O) groups is 2. The number of nitrogens with zero attached hydrogens (tertiary/aromatic N) is 1. The standard InChI is InChI=1S/C23H32N4O2S/c1-6-30-22-25-20-19(21(29)26-22)17(13-7-9-14(10-8-13)27(4)5)18-15(24-20)11-23(2,3)12-16(18)28/h7-10,17,19-20,22,24-25H,6,11-12H2,1-5H3,(H,26,29). The number of fused-ring (bicyclic) bond motifs is 1. The fourth-order valence-electron chi connectivity index (χ4n) is 4.96. The molecular weight excluding hydrogens is 396 g/mol. The Morgan fingerprint density at radius 3 is 2.43 bits per heavy atom. The van der Waals surface area contributed by atoms with Crippen molar-refractivity contribution in [1.29, 1.82) is 0 Å². The van der Waals surface area contributed by atoms with Crippen molar-refractivity contribution >= 4 is 29.1 Å². The molecule has 2 aliphatic heterocycles. The van der Waals surface area contributed by atoms with Crippen molar-refractivity contribution in [3.63, 3.8) is 0 Å². The van der Waals surface area contributed by atoms with Crippen LogP contribution in [0.4, 0.5) is 5.69 Å². The number of Topliss-reactive ketones (excluding diaryl/α,β-unsaturated/α-hetero) is 1. The Labute approximate surface area is 183 Å². The Morgan fingerprint density at radius 1 is 1.10 bits per heavy atom. The summed E-state index contributed by atoms with van der Waals surface area (Å²) in [7, 11) is 4.01. The summed E-state index contributed by atoms with van der Waals surface area (Å²) in [6.07, 6.45) is 1.14. The first kappa shape index (κ1) is 21.2. The lowest BCUT2D eigenvalue weighted by molar-refractivity contribution is -0.130. The van der Waals surface area contributed by atoms with Gasteiger partial charge in [-0.3, -0.25) is 14.9 Å². The number of ketones is 1. The number of allylic oxidation sites excluding steroid dienone is 2. The zero-order valence-corrected chi connectivity index (χ0v) is 19.2. The summed E-state index contributed by atoms with van der Waals surface area (Å²) in [6.45, 7) is 6.36. The fourth-order valence-corrected chi connectivity index (χ4v) is 5.74. The van der Waals surface area contributed by atoms with Gasteiger partial charge in [-0.15, -0.1) is 11.8 Å². The Kier molecular flexibility index (Phi) is 5.62. The molecule has 0 radical (unpaired) electrons. The summed E-state index contributed by atoms with van der Waals surface area (Å²) in [6, 6.07) is 8.27. The number of benzene rings is 1. The lowest BCUT2D eigenvalue weighted by Crippen LogP contribution is -2.68. The van der Waals surface area contributed by atoms with E-state index in [2.05, 4.69) is 65.9 Å². The summed E-state index contributed by atoms with van der Waals surface area (Å²) >= 11 is 1.67. The van der Waals surface area contributed by atoms with Crippen molar-refractivity contribution < 1.29 is 9.59 Å². The molecule has 7 heteroatoms. The first-order valence-corrected chi connectivity index (χ1v) is 11.7. The third kappa shape index (κ3) is 3.85. The number of hydrogen-bond donors (Lipinski definition) is 3. The van der Waals surface area contributed by atoms with Crippen LogP contribution in [0.5, 0.6) is 0 Å². The number of hydrogen-bond acceptors (Lipinski definition) is 6. The summed E-state index contributed by atoms with van der Waals surface area (Å²) in [5.74, 6) is 0.457. The molecule has 4 unspecified atom stereocenters. The first-order valence-electron chi connectivity index (χ1n) is 10.7. The number of rotatable bonds is 4. The van der Waals surface area contributed by atoms with E-state index in [1.165, 1.54) is 0 Å². The monoisotopic (exact) mass is 428 g/mol. The van der Waals surface area contributed by atoms with Gasteiger partial charge in [-0.05, 0) is 35.3 Å². The molecule has 1 aromatic carbocycles. The van der Waals surface area contributed by atoms with Crippen LogP contribution < -0.4 is 20.9 Å². The van der Waals surface area contributed by atoms with Crippen molar-refractivity contribution in [2.75, 3.05) is 24.7 Å². The van der Waals surface area contributed by atoms with Gasteiger partial charge in [-0.25, -0.2) is 0 Å². The van der Waals surface area contributed by atoms with Gasteiger partial charge in [0.15, 0.2) is 5.78 Å². The van der Waals surface area contributed by atoms with Crippen LogP contribution in [0.3, 0.4) is 0 Å². The van der Waals surface area contributed by atoms with Crippen LogP contribution in [0.2, 0.25) is 0 Å².